The summed E-state index contributed by atoms with van der Waals surface area (Å²) < 4.78 is 0. The fraction of sp³-hybridized carbons (Fsp3) is 0.429. The highest BCUT2D eigenvalue weighted by Crippen LogP contribution is 2.00. The Morgan fingerprint density at radius 2 is 2.00 bits per heavy atom. The zero-order valence-electron chi connectivity index (χ0n) is 5.89. The molecule has 0 aromatic carbocycles. The first-order chi connectivity index (χ1) is 4.57. The number of hydrogen-bond donors (Lipinski definition) is 1. The monoisotopic (exact) mass is 142 g/mol. The third-order valence-electron chi connectivity index (χ3n) is 1.11. The molecule has 0 fully saturated rings. The van der Waals surface area contributed by atoms with Crippen LogP contribution < -0.4 is 0 Å². The Morgan fingerprint density at radius 3 is 2.30 bits per heavy atom. The summed E-state index contributed by atoms with van der Waals surface area (Å²) in [6.07, 6.45) is 0.331. The summed E-state index contributed by atoms with van der Waals surface area (Å²) in [4.78, 5) is 20.7. The molecule has 0 aliphatic rings. The molecule has 0 saturated heterocycles. The first-order valence-electron chi connectivity index (χ1n) is 3.00. The fourth-order valence-electron chi connectivity index (χ4n) is 0.439. The molecule has 3 nitrogen and oxygen atoms in total. The van der Waals surface area contributed by atoms with Crippen LogP contribution >= 0.6 is 0 Å². The molecule has 0 unspecified atom stereocenters. The van der Waals surface area contributed by atoms with Crippen molar-refractivity contribution in [2.45, 2.75) is 19.8 Å². The Hall–Kier alpha value is -1.12. The molecule has 0 aliphatic carbocycles. The van der Waals surface area contributed by atoms with Gasteiger partial charge in [-0.25, -0.2) is 4.79 Å². The van der Waals surface area contributed by atoms with E-state index in [0.29, 0.717) is 6.42 Å². The summed E-state index contributed by atoms with van der Waals surface area (Å²) >= 11 is 0. The van der Waals surface area contributed by atoms with Crippen LogP contribution in [0.15, 0.2) is 12.2 Å². The average molecular weight is 142 g/mol. The smallest absolute Gasteiger partial charge is 0.331 e. The maximum atomic E-state index is 10.6. The van der Waals surface area contributed by atoms with Gasteiger partial charge in [0.25, 0.3) is 0 Å². The van der Waals surface area contributed by atoms with Crippen LogP contribution in [0.2, 0.25) is 0 Å². The van der Waals surface area contributed by atoms with Crippen molar-refractivity contribution < 1.29 is 14.7 Å². The quantitative estimate of drug-likeness (QED) is 0.595. The third-order valence-corrected chi connectivity index (χ3v) is 1.11. The molecule has 0 amide bonds. The highest BCUT2D eigenvalue weighted by Gasteiger charge is 2.07. The molecule has 0 aromatic heterocycles. The van der Waals surface area contributed by atoms with Crippen LogP contribution in [0.3, 0.4) is 0 Å². The van der Waals surface area contributed by atoms with E-state index in [4.69, 9.17) is 5.11 Å². The predicted molar refractivity (Wildman–Crippen MR) is 36.7 cm³/mol. The number of hydrogen-bond acceptors (Lipinski definition) is 2. The lowest BCUT2D eigenvalue weighted by atomic mass is 10.1. The summed E-state index contributed by atoms with van der Waals surface area (Å²) in [7, 11) is 0. The molecule has 56 valence electrons. The van der Waals surface area contributed by atoms with Crippen molar-refractivity contribution in [2.75, 3.05) is 0 Å². The van der Waals surface area contributed by atoms with Crippen LogP contribution in [0.25, 0.3) is 0 Å². The van der Waals surface area contributed by atoms with Gasteiger partial charge in [-0.3, -0.25) is 4.79 Å². The molecule has 0 aromatic rings. The Balaban J connectivity index is 3.80. The number of rotatable bonds is 4. The van der Waals surface area contributed by atoms with E-state index >= 15 is 0 Å². The van der Waals surface area contributed by atoms with Crippen molar-refractivity contribution in [1.82, 2.24) is 0 Å². The van der Waals surface area contributed by atoms with E-state index in [1.54, 1.807) is 6.92 Å². The number of aliphatic carboxylic acids is 1. The van der Waals surface area contributed by atoms with E-state index in [9.17, 15) is 9.59 Å². The van der Waals surface area contributed by atoms with Crippen molar-refractivity contribution in [2.24, 2.45) is 0 Å². The Bertz CT molecular complexity index is 170. The van der Waals surface area contributed by atoms with Gasteiger partial charge in [-0.2, -0.15) is 0 Å². The molecule has 0 radical (unpaired) electrons. The number of Topliss-reactive ketones (excluding diaryl/α,β-unsaturated/α-hetero) is 1. The number of ketones is 1. The highest BCUT2D eigenvalue weighted by atomic mass is 16.4. The van der Waals surface area contributed by atoms with E-state index in [1.807, 2.05) is 0 Å². The van der Waals surface area contributed by atoms with E-state index < -0.39 is 5.97 Å². The van der Waals surface area contributed by atoms with Crippen molar-refractivity contribution in [3.63, 3.8) is 0 Å². The Labute approximate surface area is 59.4 Å². The van der Waals surface area contributed by atoms with Gasteiger partial charge in [-0.1, -0.05) is 13.5 Å². The van der Waals surface area contributed by atoms with Crippen molar-refractivity contribution >= 4 is 11.8 Å². The van der Waals surface area contributed by atoms with Gasteiger partial charge in [0.15, 0.2) is 0 Å². The Kier molecular flexibility index (Phi) is 3.39. The molecule has 0 spiro atoms. The van der Waals surface area contributed by atoms with Crippen LogP contribution in [0.5, 0.6) is 0 Å². The summed E-state index contributed by atoms with van der Waals surface area (Å²) in [6.45, 7) is 4.91. The third kappa shape index (κ3) is 3.02. The molecule has 0 atom stereocenters. The summed E-state index contributed by atoms with van der Waals surface area (Å²) in [6, 6.07) is 0. The van der Waals surface area contributed by atoms with E-state index in [0.717, 1.165) is 0 Å². The summed E-state index contributed by atoms with van der Waals surface area (Å²) in [5.41, 5.74) is -0.0353. The first-order valence-corrected chi connectivity index (χ1v) is 3.00. The van der Waals surface area contributed by atoms with Crippen molar-refractivity contribution in [1.29, 1.82) is 0 Å². The van der Waals surface area contributed by atoms with Gasteiger partial charge in [0.1, 0.15) is 5.78 Å². The van der Waals surface area contributed by atoms with Gasteiger partial charge in [0.2, 0.25) is 0 Å². The first kappa shape index (κ1) is 8.88. The summed E-state index contributed by atoms with van der Waals surface area (Å²) in [5, 5.41) is 8.27. The van der Waals surface area contributed by atoms with Gasteiger partial charge in [-0.05, 0) is 0 Å². The van der Waals surface area contributed by atoms with Crippen LogP contribution in [-0.2, 0) is 9.59 Å². The van der Waals surface area contributed by atoms with E-state index in [-0.39, 0.29) is 17.8 Å². The van der Waals surface area contributed by atoms with Crippen molar-refractivity contribution in [3.8, 4) is 0 Å². The molecule has 1 N–H and O–H groups in total. The minimum Gasteiger partial charge on any atom is -0.478 e. The van der Waals surface area contributed by atoms with Crippen LogP contribution in [0, 0.1) is 0 Å². The van der Waals surface area contributed by atoms with E-state index in [2.05, 4.69) is 6.58 Å². The van der Waals surface area contributed by atoms with Crippen LogP contribution in [-0.4, -0.2) is 16.9 Å². The minimum absolute atomic E-state index is 0.0353. The zero-order valence-corrected chi connectivity index (χ0v) is 5.89. The van der Waals surface area contributed by atoms with Gasteiger partial charge in [-0.15, -0.1) is 0 Å². The lowest BCUT2D eigenvalue weighted by Crippen LogP contribution is -2.04. The largest absolute Gasteiger partial charge is 0.478 e. The zero-order chi connectivity index (χ0) is 8.15. The number of carbonyl (C=O) groups excluding carboxylic acids is 1. The topological polar surface area (TPSA) is 54.4 Å². The van der Waals surface area contributed by atoms with Crippen LogP contribution in [0.1, 0.15) is 19.8 Å². The summed E-state index contributed by atoms with van der Waals surface area (Å²) in [5.74, 6) is -1.19. The number of carbonyl (C=O) groups is 2. The van der Waals surface area contributed by atoms with Gasteiger partial charge >= 0.3 is 5.97 Å². The lowest BCUT2D eigenvalue weighted by molar-refractivity contribution is -0.133. The second kappa shape index (κ2) is 3.82. The molecular formula is C7H10O3. The number of carboxylic acid groups (broad SMARTS) is 1. The van der Waals surface area contributed by atoms with Gasteiger partial charge < -0.3 is 5.11 Å². The van der Waals surface area contributed by atoms with Gasteiger partial charge in [0.05, 0.1) is 0 Å². The molecule has 0 aliphatic heterocycles. The maximum absolute atomic E-state index is 10.6. The minimum atomic E-state index is -1.10. The SMILES string of the molecule is C=C(CC(=O)CC)C(=O)O. The molecular weight excluding hydrogens is 132 g/mol. The normalized spacial score (nSPS) is 8.90. The Morgan fingerprint density at radius 1 is 1.50 bits per heavy atom. The lowest BCUT2D eigenvalue weighted by Gasteiger charge is -1.95. The number of carboxylic acids is 1. The molecule has 0 heterocycles. The fourth-order valence-corrected chi connectivity index (χ4v) is 0.439. The second-order valence-corrected chi connectivity index (χ2v) is 1.98. The molecule has 0 rings (SSSR count). The standard InChI is InChI=1S/C7H10O3/c1-3-6(8)4-5(2)7(9)10/h2-4H2,1H3,(H,9,10). The average Bonchev–Trinajstić information content (AvgIpc) is 1.87. The molecule has 0 saturated carbocycles. The predicted octanol–water partition coefficient (Wildman–Crippen LogP) is 0.996. The van der Waals surface area contributed by atoms with E-state index in [1.165, 1.54) is 0 Å². The van der Waals surface area contributed by atoms with Crippen molar-refractivity contribution in [3.05, 3.63) is 12.2 Å². The maximum Gasteiger partial charge on any atom is 0.331 e. The molecule has 3 heteroatoms. The molecule has 0 bridgehead atoms. The highest BCUT2D eigenvalue weighted by molar-refractivity contribution is 5.94. The second-order valence-electron chi connectivity index (χ2n) is 1.98. The van der Waals surface area contributed by atoms with Gasteiger partial charge in [0, 0.05) is 18.4 Å². The molecule has 10 heavy (non-hydrogen) atoms. The van der Waals surface area contributed by atoms with Crippen LogP contribution in [0.4, 0.5) is 0 Å².